The van der Waals surface area contributed by atoms with Gasteiger partial charge in [0.25, 0.3) is 0 Å². The summed E-state index contributed by atoms with van der Waals surface area (Å²) < 4.78 is 59.5. The Morgan fingerprint density at radius 3 is 0.556 bits per heavy atom. The third-order valence-electron chi connectivity index (χ3n) is 0. The summed E-state index contributed by atoms with van der Waals surface area (Å²) in [4.78, 5) is 0. The number of hydrogen-bond donors (Lipinski definition) is 0. The minimum absolute atomic E-state index is 0. The first-order valence-electron chi connectivity index (χ1n) is 0.756. The molecule has 0 saturated heterocycles. The average molecular weight is 384 g/mol. The molecule has 0 bridgehead atoms. The molecule has 0 aromatic carbocycles. The van der Waals surface area contributed by atoms with Crippen LogP contribution in [0.4, 0.5) is 19.5 Å². The van der Waals surface area contributed by atoms with Crippen molar-refractivity contribution in [1.29, 1.82) is 0 Å². The summed E-state index contributed by atoms with van der Waals surface area (Å²) in [7, 11) is 0. The molecule has 0 aromatic rings. The second kappa shape index (κ2) is 3.71. The zero-order valence-corrected chi connectivity index (χ0v) is 13.2. The monoisotopic (exact) mass is 385 g/mol. The maximum atomic E-state index is 9.92. The summed E-state index contributed by atoms with van der Waals surface area (Å²) in [6, 6.07) is 0. The van der Waals surface area contributed by atoms with E-state index in [2.05, 4.69) is 0 Å². The van der Waals surface area contributed by atoms with Gasteiger partial charge in [-0.15, -0.1) is 0 Å². The van der Waals surface area contributed by atoms with Crippen molar-refractivity contribution in [3.05, 3.63) is 0 Å². The number of hydrogen-bond acceptors (Lipinski definition) is 0. The van der Waals surface area contributed by atoms with Gasteiger partial charge in [0.1, 0.15) is 0 Å². The molecule has 0 radical (unpaired) electrons. The van der Waals surface area contributed by atoms with Crippen molar-refractivity contribution in [2.24, 2.45) is 0 Å². The summed E-state index contributed by atoms with van der Waals surface area (Å²) in [5.41, 5.74) is 0. The van der Waals surface area contributed by atoms with Crippen LogP contribution in [0.15, 0.2) is 0 Å². The summed E-state index contributed by atoms with van der Waals surface area (Å²) in [6.45, 7) is 0. The predicted molar refractivity (Wildman–Crippen MR) is 6.65 cm³/mol. The van der Waals surface area contributed by atoms with E-state index in [1.165, 1.54) is 0 Å². The molecule has 0 saturated carbocycles. The average Bonchev–Trinajstić information content (AvgIpc) is 0.592. The SMILES string of the molecule is [F][Ir-2]([F])([F])([F])([F])[F].[K+].[K+]. The molecule has 0 aliphatic heterocycles. The van der Waals surface area contributed by atoms with Crippen LogP contribution in [-0.4, -0.2) is 0 Å². The van der Waals surface area contributed by atoms with E-state index in [9.17, 15) is 19.5 Å². The summed E-state index contributed by atoms with van der Waals surface area (Å²) >= 11 is -11.2. The van der Waals surface area contributed by atoms with E-state index >= 15 is 0 Å². The maximum absolute atomic E-state index is 11.2. The molecule has 0 heterocycles. The first-order chi connectivity index (χ1) is 2.45. The van der Waals surface area contributed by atoms with Gasteiger partial charge in [0.15, 0.2) is 0 Å². The minimum atomic E-state index is -11.2. The van der Waals surface area contributed by atoms with Gasteiger partial charge < -0.3 is 0 Å². The molecule has 0 nitrogen and oxygen atoms in total. The third kappa shape index (κ3) is 84.7. The number of rotatable bonds is 0. The van der Waals surface area contributed by atoms with Crippen LogP contribution < -0.4 is 103 Å². The van der Waals surface area contributed by atoms with Gasteiger partial charge in [-0.1, -0.05) is 0 Å². The fraction of sp³-hybridized carbons (Fsp3) is 0. The number of halogens is 6. The quantitative estimate of drug-likeness (QED) is 0.301. The molecule has 0 fully saturated rings. The molecule has 0 rings (SSSR count). The van der Waals surface area contributed by atoms with E-state index < -0.39 is 15.9 Å². The van der Waals surface area contributed by atoms with Crippen LogP contribution in [0, 0.1) is 0 Å². The fourth-order valence-electron chi connectivity index (χ4n) is 0. The summed E-state index contributed by atoms with van der Waals surface area (Å²) in [5, 5.41) is 0. The molecule has 0 N–H and O–H groups in total. The minimum Gasteiger partial charge on any atom is 1.00 e. The van der Waals surface area contributed by atoms with Crippen molar-refractivity contribution in [2.45, 2.75) is 0 Å². The fourth-order valence-corrected chi connectivity index (χ4v) is 0. The van der Waals surface area contributed by atoms with E-state index in [1.807, 2.05) is 0 Å². The Labute approximate surface area is 134 Å². The molecule has 0 aliphatic rings. The summed E-state index contributed by atoms with van der Waals surface area (Å²) in [6.07, 6.45) is 0. The Hall–Kier alpha value is 3.50. The molecule has 0 aromatic heterocycles. The van der Waals surface area contributed by atoms with Crippen LogP contribution in [0.3, 0.4) is 0 Å². The van der Waals surface area contributed by atoms with E-state index in [-0.39, 0.29) is 103 Å². The van der Waals surface area contributed by atoms with Gasteiger partial charge in [0.05, 0.1) is 0 Å². The van der Waals surface area contributed by atoms with E-state index in [4.69, 9.17) is 0 Å². The van der Waals surface area contributed by atoms with Gasteiger partial charge in [-0.3, -0.25) is 0 Å². The Bertz CT molecular complexity index is 69.6. The molecule has 53 valence electrons. The van der Waals surface area contributed by atoms with E-state index in [0.717, 1.165) is 0 Å². The second-order valence-electron chi connectivity index (χ2n) is 0.714. The first kappa shape index (κ1) is 18.3. The van der Waals surface area contributed by atoms with Gasteiger partial charge >= 0.3 is 138 Å². The third-order valence-corrected chi connectivity index (χ3v) is 0. The molecule has 0 unspecified atom stereocenters. The Kier molecular flexibility index (Phi) is 7.54. The van der Waals surface area contributed by atoms with Crippen LogP contribution in [0.1, 0.15) is 0 Å². The largest absolute Gasteiger partial charge is 1.00 e. The van der Waals surface area contributed by atoms with Crippen molar-refractivity contribution in [3.8, 4) is 0 Å². The van der Waals surface area contributed by atoms with Crippen molar-refractivity contribution >= 4 is 0 Å². The van der Waals surface area contributed by atoms with Crippen LogP contribution in [0.5, 0.6) is 0 Å². The van der Waals surface area contributed by atoms with Crippen molar-refractivity contribution < 1.29 is 138 Å². The molecule has 0 aliphatic carbocycles. The van der Waals surface area contributed by atoms with Crippen LogP contribution in [0.25, 0.3) is 0 Å². The van der Waals surface area contributed by atoms with Gasteiger partial charge in [-0.2, -0.15) is 0 Å². The normalized spacial score (nSPS) is 18.0. The molecular formula is F6IrK2. The topological polar surface area (TPSA) is 0 Å². The standard InChI is InChI=1S/6FH.Ir.2K/h6*1H;;;/q;;;;;;+4;2*+1/p-6. The zero-order valence-electron chi connectivity index (χ0n) is 4.60. The molecule has 0 spiro atoms. The zero-order chi connectivity index (χ0) is 6.41. The second-order valence-corrected chi connectivity index (χ2v) is 5.85. The molecule has 9 heteroatoms. The predicted octanol–water partition coefficient (Wildman–Crippen LogP) is -3.47. The Morgan fingerprint density at radius 1 is 0.556 bits per heavy atom. The molecule has 0 atom stereocenters. The molecular weight excluding hydrogens is 384 g/mol. The van der Waals surface area contributed by atoms with Crippen LogP contribution in [-0.2, 0) is 15.9 Å². The van der Waals surface area contributed by atoms with Crippen LogP contribution >= 0.6 is 0 Å². The maximum Gasteiger partial charge on any atom is 1.00 e. The van der Waals surface area contributed by atoms with Crippen molar-refractivity contribution in [3.63, 3.8) is 0 Å². The van der Waals surface area contributed by atoms with Crippen molar-refractivity contribution in [1.82, 2.24) is 0 Å². The van der Waals surface area contributed by atoms with E-state index in [1.54, 1.807) is 0 Å². The Balaban J connectivity index is -0.000000180. The van der Waals surface area contributed by atoms with Crippen LogP contribution in [0.2, 0.25) is 0 Å². The van der Waals surface area contributed by atoms with Gasteiger partial charge in [0, 0.05) is 0 Å². The first-order valence-corrected chi connectivity index (χ1v) is 6.19. The van der Waals surface area contributed by atoms with Gasteiger partial charge in [0.2, 0.25) is 0 Å². The van der Waals surface area contributed by atoms with Crippen molar-refractivity contribution in [2.75, 3.05) is 0 Å². The van der Waals surface area contributed by atoms with Gasteiger partial charge in [-0.25, -0.2) is 0 Å². The van der Waals surface area contributed by atoms with E-state index in [0.29, 0.717) is 0 Å². The van der Waals surface area contributed by atoms with Gasteiger partial charge in [-0.05, 0) is 0 Å². The molecule has 9 heavy (non-hydrogen) atoms. The molecule has 0 amide bonds. The summed E-state index contributed by atoms with van der Waals surface area (Å²) in [5.74, 6) is 0. The Morgan fingerprint density at radius 2 is 0.556 bits per heavy atom. The smallest absolute Gasteiger partial charge is 1.00 e.